The molecule has 8 heteroatoms. The van der Waals surface area contributed by atoms with Crippen LogP contribution in [0.3, 0.4) is 0 Å². The summed E-state index contributed by atoms with van der Waals surface area (Å²) in [4.78, 5) is 26.3. The maximum Gasteiger partial charge on any atom is 1.00 e. The maximum atomic E-state index is 12.2. The molecule has 0 aromatic heterocycles. The normalized spacial score (nSPS) is 15.3. The Morgan fingerprint density at radius 3 is 2.47 bits per heavy atom. The fourth-order valence-electron chi connectivity index (χ4n) is 2.53. The third-order valence-corrected chi connectivity index (χ3v) is 5.11. The zero-order valence-electron chi connectivity index (χ0n) is 16.3. The second-order valence-electron chi connectivity index (χ2n) is 6.01. The summed E-state index contributed by atoms with van der Waals surface area (Å²) in [7, 11) is 0. The molecule has 2 N–H and O–H groups in total. The molecule has 0 atom stereocenters. The Balaban J connectivity index is 0.000000591. The molecule has 1 aliphatic heterocycles. The van der Waals surface area contributed by atoms with E-state index in [0.29, 0.717) is 10.1 Å². The number of carboxylic acids is 1. The van der Waals surface area contributed by atoms with Crippen LogP contribution in [0, 0.1) is 6.07 Å². The molecular formula is C22H16BrN2NaO3S. The largest absolute Gasteiger partial charge is 1.00 e. The molecule has 1 heterocycles. The first-order chi connectivity index (χ1) is 13.9. The Kier molecular flexibility index (Phi) is 9.33. The minimum Gasteiger partial charge on any atom is -0.481 e. The molecule has 5 nitrogen and oxygen atoms in total. The van der Waals surface area contributed by atoms with Gasteiger partial charge in [0.1, 0.15) is 0 Å². The number of nitrogens with one attached hydrogen (secondary N) is 1. The summed E-state index contributed by atoms with van der Waals surface area (Å²) in [6.45, 7) is 1.08. The predicted octanol–water partition coefficient (Wildman–Crippen LogP) is 2.39. The number of carbonyl (C=O) groups excluding carboxylic acids is 1. The van der Waals surface area contributed by atoms with Crippen LogP contribution in [0.2, 0.25) is 0 Å². The van der Waals surface area contributed by atoms with E-state index in [9.17, 15) is 4.79 Å². The number of hydrogen-bond acceptors (Lipinski definition) is 4. The first-order valence-electron chi connectivity index (χ1n) is 8.55. The molecule has 0 unspecified atom stereocenters. The molecule has 30 heavy (non-hydrogen) atoms. The van der Waals surface area contributed by atoms with Crippen molar-refractivity contribution < 1.29 is 44.3 Å². The van der Waals surface area contributed by atoms with Gasteiger partial charge in [-0.05, 0) is 58.1 Å². The monoisotopic (exact) mass is 490 g/mol. The quantitative estimate of drug-likeness (QED) is 0.328. The molecule has 0 saturated carbocycles. The Hall–Kier alpha value is -1.90. The van der Waals surface area contributed by atoms with E-state index < -0.39 is 5.97 Å². The van der Waals surface area contributed by atoms with Gasteiger partial charge in [0.2, 0.25) is 0 Å². The fourth-order valence-corrected chi connectivity index (χ4v) is 3.75. The number of halogens is 1. The van der Waals surface area contributed by atoms with E-state index in [4.69, 9.17) is 9.90 Å². The molecule has 0 bridgehead atoms. The van der Waals surface area contributed by atoms with E-state index in [1.54, 1.807) is 12.1 Å². The van der Waals surface area contributed by atoms with Gasteiger partial charge in [-0.1, -0.05) is 34.1 Å². The van der Waals surface area contributed by atoms with Crippen LogP contribution >= 0.6 is 27.7 Å². The summed E-state index contributed by atoms with van der Waals surface area (Å²) in [5.41, 5.74) is 1.78. The predicted molar refractivity (Wildman–Crippen MR) is 121 cm³/mol. The Morgan fingerprint density at radius 1 is 1.13 bits per heavy atom. The number of amidine groups is 1. The summed E-state index contributed by atoms with van der Waals surface area (Å²) in [5, 5.41) is 13.1. The fraction of sp³-hybridized carbons (Fsp3) is 0.0455. The molecule has 0 aliphatic carbocycles. The second-order valence-corrected chi connectivity index (χ2v) is 7.96. The van der Waals surface area contributed by atoms with Gasteiger partial charge in [-0.3, -0.25) is 14.6 Å². The minimum absolute atomic E-state index is 0. The van der Waals surface area contributed by atoms with Crippen LogP contribution < -0.4 is 34.9 Å². The first-order valence-corrected chi connectivity index (χ1v) is 10.2. The van der Waals surface area contributed by atoms with Crippen LogP contribution in [0.1, 0.15) is 12.5 Å². The molecule has 0 radical (unpaired) electrons. The number of aliphatic imine (C=N–C) groups is 1. The van der Waals surface area contributed by atoms with Crippen molar-refractivity contribution in [2.45, 2.75) is 6.92 Å². The zero-order chi connectivity index (χ0) is 20.8. The van der Waals surface area contributed by atoms with Gasteiger partial charge < -0.3 is 10.4 Å². The van der Waals surface area contributed by atoms with Crippen LogP contribution in [-0.2, 0) is 9.59 Å². The molecule has 3 aromatic carbocycles. The molecule has 1 aliphatic rings. The minimum atomic E-state index is -0.833. The summed E-state index contributed by atoms with van der Waals surface area (Å²) < 4.78 is 1.05. The molecule has 3 aromatic rings. The van der Waals surface area contributed by atoms with Gasteiger partial charge in [0.15, 0.2) is 5.17 Å². The summed E-state index contributed by atoms with van der Waals surface area (Å²) in [6, 6.07) is 22.5. The third kappa shape index (κ3) is 7.11. The summed E-state index contributed by atoms with van der Waals surface area (Å²) in [5.74, 6) is -0.956. The van der Waals surface area contributed by atoms with Crippen LogP contribution in [0.5, 0.6) is 0 Å². The number of thioether (sulfide) groups is 1. The Bertz CT molecular complexity index is 1130. The van der Waals surface area contributed by atoms with Crippen LogP contribution in [0.15, 0.2) is 75.0 Å². The van der Waals surface area contributed by atoms with Gasteiger partial charge >= 0.3 is 29.6 Å². The van der Waals surface area contributed by atoms with E-state index in [1.807, 2.05) is 30.3 Å². The van der Waals surface area contributed by atoms with Crippen LogP contribution in [-0.4, -0.2) is 22.2 Å². The maximum absolute atomic E-state index is 12.2. The molecule has 4 rings (SSSR count). The standard InChI is InChI=1S/C20H12BrN2OS.C2H4O2.Na/c21-16-9-8-14-10-13(6-7-15(14)12-16)11-18-19(24)23-20(25-18)22-17-4-2-1-3-5-17;1-2(3)4;/h2-12H,(H,22,23,24);1H3,(H,3,4);/q-1;;+1/b18-11-;;. The Labute approximate surface area is 209 Å². The zero-order valence-corrected chi connectivity index (χ0v) is 20.8. The van der Waals surface area contributed by atoms with Crippen molar-refractivity contribution in [3.05, 3.63) is 81.7 Å². The third-order valence-electron chi connectivity index (χ3n) is 3.71. The van der Waals surface area contributed by atoms with E-state index in [-0.39, 0.29) is 35.5 Å². The van der Waals surface area contributed by atoms with Gasteiger partial charge in [-0.2, -0.15) is 18.2 Å². The van der Waals surface area contributed by atoms with Gasteiger partial charge in [-0.25, -0.2) is 0 Å². The van der Waals surface area contributed by atoms with E-state index >= 15 is 0 Å². The number of nitrogens with zero attached hydrogens (tertiary/aromatic N) is 1. The number of amides is 1. The average Bonchev–Trinajstić information content (AvgIpc) is 3.01. The van der Waals surface area contributed by atoms with Crippen molar-refractivity contribution in [1.82, 2.24) is 5.32 Å². The molecule has 0 spiro atoms. The number of carbonyl (C=O) groups is 2. The van der Waals surface area contributed by atoms with E-state index in [0.717, 1.165) is 33.4 Å². The van der Waals surface area contributed by atoms with Crippen LogP contribution in [0.4, 0.5) is 5.69 Å². The van der Waals surface area contributed by atoms with Gasteiger partial charge in [0, 0.05) is 11.4 Å². The van der Waals surface area contributed by atoms with E-state index in [2.05, 4.69) is 56.6 Å². The number of fused-ring (bicyclic) bond motifs is 1. The number of rotatable bonds is 2. The van der Waals surface area contributed by atoms with Crippen molar-refractivity contribution in [2.24, 2.45) is 4.99 Å². The number of benzene rings is 3. The van der Waals surface area contributed by atoms with Crippen molar-refractivity contribution >= 4 is 67.3 Å². The summed E-state index contributed by atoms with van der Waals surface area (Å²) >= 11 is 4.83. The van der Waals surface area contributed by atoms with Crippen molar-refractivity contribution in [3.8, 4) is 0 Å². The molecule has 146 valence electrons. The van der Waals surface area contributed by atoms with Crippen molar-refractivity contribution in [3.63, 3.8) is 0 Å². The molecular weight excluding hydrogens is 475 g/mol. The van der Waals surface area contributed by atoms with Gasteiger partial charge in [0.05, 0.1) is 4.91 Å². The first kappa shape index (κ1) is 24.4. The second kappa shape index (κ2) is 11.5. The SMILES string of the molecule is CC(=O)O.O=C1NC(=Nc2cc[c-]cc2)S/C1=C\c1ccc2cc(Br)ccc2c1.[Na+]. The average molecular weight is 491 g/mol. The number of carboxylic acid groups (broad SMARTS) is 1. The molecule has 1 saturated heterocycles. The van der Waals surface area contributed by atoms with Crippen molar-refractivity contribution in [1.29, 1.82) is 0 Å². The van der Waals surface area contributed by atoms with Crippen LogP contribution in [0.25, 0.3) is 16.8 Å². The number of hydrogen-bond donors (Lipinski definition) is 2. The molecule has 1 fully saturated rings. The summed E-state index contributed by atoms with van der Waals surface area (Å²) in [6.07, 6.45) is 1.89. The Morgan fingerprint density at radius 2 is 1.77 bits per heavy atom. The molecule has 1 amide bonds. The van der Waals surface area contributed by atoms with E-state index in [1.165, 1.54) is 11.8 Å². The van der Waals surface area contributed by atoms with Gasteiger partial charge in [0.25, 0.3) is 11.9 Å². The smallest absolute Gasteiger partial charge is 0.481 e. The van der Waals surface area contributed by atoms with Crippen molar-refractivity contribution in [2.75, 3.05) is 0 Å². The van der Waals surface area contributed by atoms with Gasteiger partial charge in [-0.15, -0.1) is 12.1 Å². The topological polar surface area (TPSA) is 78.8 Å². The number of aliphatic carboxylic acids is 1.